The number of carbonyl (C=O) groups is 3. The monoisotopic (exact) mass is 993 g/mol. The van der Waals surface area contributed by atoms with Crippen LogP contribution in [0.15, 0.2) is 146 Å². The number of carbonyl (C=O) groups excluding carboxylic acids is 3. The molecule has 404 valence electrons. The lowest BCUT2D eigenvalue weighted by Gasteiger charge is -2.18. The average molecular weight is 994 g/mol. The molecule has 0 bridgehead atoms. The summed E-state index contributed by atoms with van der Waals surface area (Å²) in [5, 5.41) is 0. The van der Waals surface area contributed by atoms with E-state index in [1.807, 2.05) is 0 Å². The first-order valence-corrected chi connectivity index (χ1v) is 28.8. The van der Waals surface area contributed by atoms with Crippen LogP contribution in [0.25, 0.3) is 0 Å². The first-order valence-electron chi connectivity index (χ1n) is 28.8. The molecule has 0 aliphatic rings. The van der Waals surface area contributed by atoms with E-state index in [0.29, 0.717) is 25.7 Å². The van der Waals surface area contributed by atoms with Gasteiger partial charge in [-0.1, -0.05) is 224 Å². The van der Waals surface area contributed by atoms with E-state index in [-0.39, 0.29) is 31.1 Å². The Labute approximate surface area is 442 Å². The number of rotatable bonds is 50. The van der Waals surface area contributed by atoms with Gasteiger partial charge >= 0.3 is 17.9 Å². The van der Waals surface area contributed by atoms with Crippen LogP contribution in [0.1, 0.15) is 233 Å². The van der Waals surface area contributed by atoms with E-state index in [0.717, 1.165) is 154 Å². The Bertz CT molecular complexity index is 1610. The van der Waals surface area contributed by atoms with Gasteiger partial charge in [0, 0.05) is 19.3 Å². The van der Waals surface area contributed by atoms with Crippen LogP contribution in [0.3, 0.4) is 0 Å². The van der Waals surface area contributed by atoms with Crippen molar-refractivity contribution in [2.45, 2.75) is 239 Å². The minimum absolute atomic E-state index is 0.111. The zero-order valence-electron chi connectivity index (χ0n) is 46.1. The van der Waals surface area contributed by atoms with Gasteiger partial charge in [0.15, 0.2) is 6.10 Å². The molecule has 72 heavy (non-hydrogen) atoms. The number of allylic oxidation sites excluding steroid dienone is 24. The SMILES string of the molecule is CC/C=C\C/C=C\C/C=C\C/C=C\C/C=C\C/C=C\CCCCC(=O)OCC(COC(=O)CCCCCCC/C=C\C/C=C\CCCC)OC(=O)CCCCCCCC/C=C\C/C=C\C/C=C\C/C=C\CC. The Kier molecular flexibility index (Phi) is 55.0. The highest BCUT2D eigenvalue weighted by molar-refractivity contribution is 5.71. The van der Waals surface area contributed by atoms with E-state index in [4.69, 9.17) is 14.2 Å². The summed E-state index contributed by atoms with van der Waals surface area (Å²) in [6, 6.07) is 0. The minimum atomic E-state index is -0.817. The van der Waals surface area contributed by atoms with Crippen molar-refractivity contribution < 1.29 is 28.6 Å². The molecule has 0 spiro atoms. The Balaban J connectivity index is 4.53. The second-order valence-electron chi connectivity index (χ2n) is 18.4. The molecule has 0 rings (SSSR count). The standard InChI is InChI=1S/C66H104O6/c1-4-7-10-13-16-19-22-25-28-30-32-33-35-36-38-41-44-47-50-53-56-59-65(68)71-62-63(61-70-64(67)58-55-52-49-46-43-40-27-24-21-18-15-12-9-6-3)72-66(69)60-57-54-51-48-45-42-39-37-34-31-29-26-23-20-17-14-11-8-5-2/h7-8,10-11,15-20,24-29,32-34,36-38,44,47,63H,4-6,9,12-14,21-23,30-31,35,39-43,45-46,48-62H2,1-3H3/b10-7-,11-8-,18-15-,19-16-,20-17-,27-24-,28-25-,29-26-,33-32-,37-34-,38-36-,47-44-. The number of ether oxygens (including phenoxy) is 3. The lowest BCUT2D eigenvalue weighted by Crippen LogP contribution is -2.30. The van der Waals surface area contributed by atoms with Crippen molar-refractivity contribution in [2.24, 2.45) is 0 Å². The molecular formula is C66H104O6. The molecule has 0 amide bonds. The fraction of sp³-hybridized carbons (Fsp3) is 0.591. The highest BCUT2D eigenvalue weighted by Gasteiger charge is 2.19. The molecule has 6 heteroatoms. The third kappa shape index (κ3) is 56.2. The molecule has 0 radical (unpaired) electrons. The molecule has 0 aliphatic heterocycles. The summed E-state index contributed by atoms with van der Waals surface area (Å²) >= 11 is 0. The molecular weight excluding hydrogens is 889 g/mol. The van der Waals surface area contributed by atoms with Gasteiger partial charge in [0.2, 0.25) is 0 Å². The van der Waals surface area contributed by atoms with Crippen LogP contribution >= 0.6 is 0 Å². The summed E-state index contributed by atoms with van der Waals surface area (Å²) in [5.41, 5.74) is 0. The highest BCUT2D eigenvalue weighted by Crippen LogP contribution is 2.13. The third-order valence-electron chi connectivity index (χ3n) is 11.6. The molecule has 0 saturated carbocycles. The molecule has 0 heterocycles. The molecule has 0 aromatic carbocycles. The maximum atomic E-state index is 12.9. The number of hydrogen-bond donors (Lipinski definition) is 0. The van der Waals surface area contributed by atoms with Crippen molar-refractivity contribution in [2.75, 3.05) is 13.2 Å². The maximum absolute atomic E-state index is 12.9. The van der Waals surface area contributed by atoms with Crippen LogP contribution in [0.4, 0.5) is 0 Å². The summed E-state index contributed by atoms with van der Waals surface area (Å²) in [6.45, 7) is 6.30. The normalized spacial score (nSPS) is 13.2. The molecule has 1 unspecified atom stereocenters. The Morgan fingerprint density at radius 3 is 0.875 bits per heavy atom. The van der Waals surface area contributed by atoms with Crippen LogP contribution in [-0.4, -0.2) is 37.2 Å². The minimum Gasteiger partial charge on any atom is -0.462 e. The topological polar surface area (TPSA) is 78.9 Å². The van der Waals surface area contributed by atoms with Gasteiger partial charge in [-0.25, -0.2) is 0 Å². The fourth-order valence-electron chi connectivity index (χ4n) is 7.27. The van der Waals surface area contributed by atoms with E-state index in [9.17, 15) is 14.4 Å². The van der Waals surface area contributed by atoms with Crippen molar-refractivity contribution in [3.8, 4) is 0 Å². The number of unbranched alkanes of at least 4 members (excludes halogenated alkanes) is 15. The van der Waals surface area contributed by atoms with Crippen molar-refractivity contribution >= 4 is 17.9 Å². The Morgan fingerprint density at radius 2 is 0.542 bits per heavy atom. The molecule has 1 atom stereocenters. The molecule has 0 aromatic rings. The van der Waals surface area contributed by atoms with E-state index in [1.54, 1.807) is 0 Å². The van der Waals surface area contributed by atoms with Gasteiger partial charge in [-0.2, -0.15) is 0 Å². The van der Waals surface area contributed by atoms with Gasteiger partial charge in [-0.05, 0) is 135 Å². The van der Waals surface area contributed by atoms with Crippen LogP contribution < -0.4 is 0 Å². The summed E-state index contributed by atoms with van der Waals surface area (Å²) in [4.78, 5) is 38.2. The van der Waals surface area contributed by atoms with Crippen molar-refractivity contribution in [1.29, 1.82) is 0 Å². The molecule has 0 aromatic heterocycles. The second-order valence-corrected chi connectivity index (χ2v) is 18.4. The fourth-order valence-corrected chi connectivity index (χ4v) is 7.27. The van der Waals surface area contributed by atoms with Gasteiger partial charge in [0.25, 0.3) is 0 Å². The van der Waals surface area contributed by atoms with E-state index in [2.05, 4.69) is 167 Å². The first-order chi connectivity index (χ1) is 35.5. The molecule has 0 saturated heterocycles. The smallest absolute Gasteiger partial charge is 0.306 e. The molecule has 0 fully saturated rings. The lowest BCUT2D eigenvalue weighted by atomic mass is 10.1. The van der Waals surface area contributed by atoms with Gasteiger partial charge < -0.3 is 14.2 Å². The van der Waals surface area contributed by atoms with Gasteiger partial charge in [-0.15, -0.1) is 0 Å². The Hall–Kier alpha value is -4.71. The number of esters is 3. The third-order valence-corrected chi connectivity index (χ3v) is 11.6. The van der Waals surface area contributed by atoms with E-state index < -0.39 is 6.10 Å². The molecule has 6 nitrogen and oxygen atoms in total. The lowest BCUT2D eigenvalue weighted by molar-refractivity contribution is -0.167. The predicted molar refractivity (Wildman–Crippen MR) is 311 cm³/mol. The summed E-state index contributed by atoms with van der Waals surface area (Å²) in [7, 11) is 0. The van der Waals surface area contributed by atoms with Crippen LogP contribution in [0.5, 0.6) is 0 Å². The summed E-state index contributed by atoms with van der Waals surface area (Å²) in [5.74, 6) is -0.989. The van der Waals surface area contributed by atoms with Crippen LogP contribution in [0, 0.1) is 0 Å². The maximum Gasteiger partial charge on any atom is 0.306 e. The molecule has 0 N–H and O–H groups in total. The Morgan fingerprint density at radius 1 is 0.292 bits per heavy atom. The first kappa shape index (κ1) is 67.3. The van der Waals surface area contributed by atoms with E-state index in [1.165, 1.54) is 32.1 Å². The van der Waals surface area contributed by atoms with Crippen molar-refractivity contribution in [1.82, 2.24) is 0 Å². The van der Waals surface area contributed by atoms with Gasteiger partial charge in [-0.3, -0.25) is 14.4 Å². The van der Waals surface area contributed by atoms with Crippen LogP contribution in [0.2, 0.25) is 0 Å². The largest absolute Gasteiger partial charge is 0.462 e. The second kappa shape index (κ2) is 58.9. The quantitative estimate of drug-likeness (QED) is 0.0261. The zero-order valence-corrected chi connectivity index (χ0v) is 46.1. The molecule has 0 aliphatic carbocycles. The highest BCUT2D eigenvalue weighted by atomic mass is 16.6. The summed E-state index contributed by atoms with van der Waals surface area (Å²) in [6.07, 6.45) is 84.0. The average Bonchev–Trinajstić information content (AvgIpc) is 3.38. The van der Waals surface area contributed by atoms with Gasteiger partial charge in [0.05, 0.1) is 0 Å². The number of hydrogen-bond acceptors (Lipinski definition) is 6. The predicted octanol–water partition coefficient (Wildman–Crippen LogP) is 19.6. The van der Waals surface area contributed by atoms with Crippen LogP contribution in [-0.2, 0) is 28.6 Å². The zero-order chi connectivity index (χ0) is 52.2. The van der Waals surface area contributed by atoms with E-state index >= 15 is 0 Å². The van der Waals surface area contributed by atoms with Crippen molar-refractivity contribution in [3.05, 3.63) is 146 Å². The van der Waals surface area contributed by atoms with Crippen molar-refractivity contribution in [3.63, 3.8) is 0 Å². The van der Waals surface area contributed by atoms with Gasteiger partial charge in [0.1, 0.15) is 13.2 Å². The summed E-state index contributed by atoms with van der Waals surface area (Å²) < 4.78 is 16.8.